The average molecular weight is 220 g/mol. The molecule has 0 radical (unpaired) electrons. The van der Waals surface area contributed by atoms with Crippen LogP contribution in [0.25, 0.3) is 0 Å². The van der Waals surface area contributed by atoms with Crippen molar-refractivity contribution in [3.8, 4) is 0 Å². The van der Waals surface area contributed by atoms with E-state index in [9.17, 15) is 0 Å². The minimum atomic E-state index is 0.599. The number of nitrogens with one attached hydrogen (secondary N) is 1. The quantitative estimate of drug-likeness (QED) is 0.824. The molecule has 0 aliphatic carbocycles. The lowest BCUT2D eigenvalue weighted by molar-refractivity contribution is 0.226. The minimum Gasteiger partial charge on any atom is -0.307 e. The van der Waals surface area contributed by atoms with Gasteiger partial charge < -0.3 is 10.2 Å². The maximum absolute atomic E-state index is 4.34. The van der Waals surface area contributed by atoms with Crippen LogP contribution in [0.1, 0.15) is 24.2 Å². The fraction of sp³-hybridized carbons (Fsp3) is 0.667. The number of piperidine rings is 1. The summed E-state index contributed by atoms with van der Waals surface area (Å²) in [5.74, 6) is 0. The van der Waals surface area contributed by atoms with Gasteiger partial charge in [-0.15, -0.1) is 0 Å². The second kappa shape index (κ2) is 5.37. The number of nitrogens with zero attached hydrogens (tertiary/aromatic N) is 3. The number of likely N-dealkylation sites (tertiary alicyclic amines) is 1. The molecule has 0 saturated carbocycles. The van der Waals surface area contributed by atoms with E-state index < -0.39 is 0 Å². The van der Waals surface area contributed by atoms with Gasteiger partial charge in [-0.25, -0.2) is 0 Å². The highest BCUT2D eigenvalue weighted by atomic mass is 15.1. The standard InChI is InChI=1S/C12H20N4/c1-10-6-14-12(7-13-10)8-15-11-4-3-5-16(2)9-11/h6-7,11,15H,3-5,8-9H2,1-2H3. The molecule has 0 bridgehead atoms. The van der Waals surface area contributed by atoms with Crippen molar-refractivity contribution in [3.05, 3.63) is 23.8 Å². The molecule has 1 aromatic heterocycles. The molecule has 1 aliphatic heterocycles. The van der Waals surface area contributed by atoms with Crippen LogP contribution in [0.2, 0.25) is 0 Å². The summed E-state index contributed by atoms with van der Waals surface area (Å²) in [5, 5.41) is 3.54. The van der Waals surface area contributed by atoms with Gasteiger partial charge in [0, 0.05) is 31.5 Å². The van der Waals surface area contributed by atoms with Crippen LogP contribution >= 0.6 is 0 Å². The fourth-order valence-electron chi connectivity index (χ4n) is 2.09. The molecule has 1 atom stereocenters. The second-order valence-electron chi connectivity index (χ2n) is 4.63. The predicted molar refractivity (Wildman–Crippen MR) is 64.1 cm³/mol. The summed E-state index contributed by atoms with van der Waals surface area (Å²) in [7, 11) is 2.18. The Balaban J connectivity index is 1.80. The van der Waals surface area contributed by atoms with Crippen molar-refractivity contribution < 1.29 is 0 Å². The Morgan fingerprint density at radius 1 is 1.44 bits per heavy atom. The number of hydrogen-bond donors (Lipinski definition) is 1. The van der Waals surface area contributed by atoms with Gasteiger partial charge >= 0.3 is 0 Å². The molecule has 1 aromatic rings. The normalized spacial score (nSPS) is 22.2. The van der Waals surface area contributed by atoms with Gasteiger partial charge in [-0.05, 0) is 33.4 Å². The van der Waals surface area contributed by atoms with Crippen molar-refractivity contribution in [1.82, 2.24) is 20.2 Å². The van der Waals surface area contributed by atoms with Crippen molar-refractivity contribution in [2.24, 2.45) is 0 Å². The summed E-state index contributed by atoms with van der Waals surface area (Å²) in [6.45, 7) is 5.15. The van der Waals surface area contributed by atoms with Crippen molar-refractivity contribution in [2.45, 2.75) is 32.4 Å². The molecule has 1 aliphatic rings. The number of hydrogen-bond acceptors (Lipinski definition) is 4. The highest BCUT2D eigenvalue weighted by molar-refractivity contribution is 5.00. The maximum Gasteiger partial charge on any atom is 0.0724 e. The van der Waals surface area contributed by atoms with Gasteiger partial charge in [-0.3, -0.25) is 9.97 Å². The third kappa shape index (κ3) is 3.25. The number of aromatic nitrogens is 2. The molecule has 2 rings (SSSR count). The summed E-state index contributed by atoms with van der Waals surface area (Å²) in [6, 6.07) is 0.599. The molecule has 88 valence electrons. The number of aryl methyl sites for hydroxylation is 1. The smallest absolute Gasteiger partial charge is 0.0724 e. The van der Waals surface area contributed by atoms with E-state index in [0.717, 1.165) is 24.5 Å². The van der Waals surface area contributed by atoms with Gasteiger partial charge in [0.25, 0.3) is 0 Å². The Morgan fingerprint density at radius 3 is 3.00 bits per heavy atom. The summed E-state index contributed by atoms with van der Waals surface area (Å²) in [4.78, 5) is 11.0. The van der Waals surface area contributed by atoms with E-state index in [1.54, 1.807) is 0 Å². The molecular formula is C12H20N4. The van der Waals surface area contributed by atoms with Gasteiger partial charge in [0.1, 0.15) is 0 Å². The van der Waals surface area contributed by atoms with Crippen molar-refractivity contribution in [1.29, 1.82) is 0 Å². The Morgan fingerprint density at radius 2 is 2.31 bits per heavy atom. The summed E-state index contributed by atoms with van der Waals surface area (Å²) in [5.41, 5.74) is 2.00. The van der Waals surface area contributed by atoms with Gasteiger partial charge in [0.05, 0.1) is 11.4 Å². The van der Waals surface area contributed by atoms with Gasteiger partial charge in [-0.2, -0.15) is 0 Å². The van der Waals surface area contributed by atoms with E-state index in [4.69, 9.17) is 0 Å². The zero-order valence-corrected chi connectivity index (χ0v) is 10.1. The van der Waals surface area contributed by atoms with Crippen LogP contribution in [0, 0.1) is 6.92 Å². The SMILES string of the molecule is Cc1cnc(CNC2CCCN(C)C2)cn1. The third-order valence-corrected chi connectivity index (χ3v) is 3.03. The number of likely N-dealkylation sites (N-methyl/N-ethyl adjacent to an activating group) is 1. The lowest BCUT2D eigenvalue weighted by Gasteiger charge is -2.30. The van der Waals surface area contributed by atoms with Gasteiger partial charge in [-0.1, -0.05) is 0 Å². The maximum atomic E-state index is 4.34. The predicted octanol–water partition coefficient (Wildman–Crippen LogP) is 0.969. The molecule has 16 heavy (non-hydrogen) atoms. The lowest BCUT2D eigenvalue weighted by atomic mass is 10.1. The van der Waals surface area contributed by atoms with E-state index in [0.29, 0.717) is 6.04 Å². The monoisotopic (exact) mass is 220 g/mol. The molecule has 1 fully saturated rings. The first-order valence-corrected chi connectivity index (χ1v) is 5.93. The summed E-state index contributed by atoms with van der Waals surface area (Å²) >= 11 is 0. The largest absolute Gasteiger partial charge is 0.307 e. The van der Waals surface area contributed by atoms with Crippen molar-refractivity contribution in [3.63, 3.8) is 0 Å². The molecule has 1 N–H and O–H groups in total. The van der Waals surface area contributed by atoms with Crippen LogP contribution in [0.4, 0.5) is 0 Å². The van der Waals surface area contributed by atoms with Crippen LogP contribution in [-0.4, -0.2) is 41.0 Å². The topological polar surface area (TPSA) is 41.1 Å². The van der Waals surface area contributed by atoms with Crippen LogP contribution in [0.5, 0.6) is 0 Å². The van der Waals surface area contributed by atoms with E-state index >= 15 is 0 Å². The molecule has 1 unspecified atom stereocenters. The molecule has 0 spiro atoms. The van der Waals surface area contributed by atoms with Crippen LogP contribution in [0.3, 0.4) is 0 Å². The first kappa shape index (κ1) is 11.5. The third-order valence-electron chi connectivity index (χ3n) is 3.03. The van der Waals surface area contributed by atoms with E-state index in [1.165, 1.54) is 19.4 Å². The Kier molecular flexibility index (Phi) is 3.85. The zero-order valence-electron chi connectivity index (χ0n) is 10.1. The fourth-order valence-corrected chi connectivity index (χ4v) is 2.09. The second-order valence-corrected chi connectivity index (χ2v) is 4.63. The molecule has 1 saturated heterocycles. The van der Waals surface area contributed by atoms with Crippen molar-refractivity contribution in [2.75, 3.05) is 20.1 Å². The number of rotatable bonds is 3. The molecule has 0 aromatic carbocycles. The average Bonchev–Trinajstić information content (AvgIpc) is 2.28. The highest BCUT2D eigenvalue weighted by Crippen LogP contribution is 2.08. The first-order chi connectivity index (χ1) is 7.74. The Labute approximate surface area is 97.1 Å². The molecule has 4 heteroatoms. The van der Waals surface area contributed by atoms with E-state index in [1.807, 2.05) is 19.3 Å². The van der Waals surface area contributed by atoms with Crippen molar-refractivity contribution >= 4 is 0 Å². The Hall–Kier alpha value is -1.00. The van der Waals surface area contributed by atoms with Gasteiger partial charge in [0.2, 0.25) is 0 Å². The first-order valence-electron chi connectivity index (χ1n) is 5.93. The molecule has 4 nitrogen and oxygen atoms in total. The van der Waals surface area contributed by atoms with E-state index in [2.05, 4.69) is 27.2 Å². The highest BCUT2D eigenvalue weighted by Gasteiger charge is 2.16. The van der Waals surface area contributed by atoms with Crippen LogP contribution in [0.15, 0.2) is 12.4 Å². The van der Waals surface area contributed by atoms with Gasteiger partial charge in [0.15, 0.2) is 0 Å². The van der Waals surface area contributed by atoms with Crippen LogP contribution < -0.4 is 5.32 Å². The summed E-state index contributed by atoms with van der Waals surface area (Å²) < 4.78 is 0. The lowest BCUT2D eigenvalue weighted by Crippen LogP contribution is -2.43. The van der Waals surface area contributed by atoms with E-state index in [-0.39, 0.29) is 0 Å². The molecular weight excluding hydrogens is 200 g/mol. The molecule has 0 amide bonds. The Bertz CT molecular complexity index is 322. The van der Waals surface area contributed by atoms with Crippen LogP contribution in [-0.2, 0) is 6.54 Å². The molecule has 2 heterocycles. The summed E-state index contributed by atoms with van der Waals surface area (Å²) in [6.07, 6.45) is 6.23. The zero-order chi connectivity index (χ0) is 11.4. The minimum absolute atomic E-state index is 0.599.